The highest BCUT2D eigenvalue weighted by molar-refractivity contribution is 4.88. The van der Waals surface area contributed by atoms with Gasteiger partial charge in [0.05, 0.1) is 6.10 Å². The number of likely N-dealkylation sites (N-methyl/N-ethyl adjacent to an activating group) is 1. The Labute approximate surface area is 131 Å². The van der Waals surface area contributed by atoms with E-state index in [0.29, 0.717) is 12.1 Å². The third kappa shape index (κ3) is 4.67. The van der Waals surface area contributed by atoms with Crippen LogP contribution in [-0.4, -0.2) is 48.8 Å². The third-order valence-corrected chi connectivity index (χ3v) is 5.94. The standard InChI is InChI=1S/C18H36N2O/c1-4-7-14-10-11-16(19-2)15(12-14)13-20(3)17-8-5-6-9-18(17)21/h14-19,21H,4-13H2,1-3H3. The molecule has 0 amide bonds. The fraction of sp³-hybridized carbons (Fsp3) is 1.00. The summed E-state index contributed by atoms with van der Waals surface area (Å²) in [4.78, 5) is 2.47. The number of hydrogen-bond donors (Lipinski definition) is 2. The second kappa shape index (κ2) is 8.50. The van der Waals surface area contributed by atoms with E-state index in [9.17, 15) is 5.11 Å². The fourth-order valence-corrected chi connectivity index (χ4v) is 4.72. The zero-order chi connectivity index (χ0) is 15.2. The molecule has 2 aliphatic carbocycles. The first-order valence-corrected chi connectivity index (χ1v) is 9.21. The molecule has 2 rings (SSSR count). The topological polar surface area (TPSA) is 35.5 Å². The molecule has 3 nitrogen and oxygen atoms in total. The molecule has 2 N–H and O–H groups in total. The summed E-state index contributed by atoms with van der Waals surface area (Å²) in [6.45, 7) is 3.46. The summed E-state index contributed by atoms with van der Waals surface area (Å²) >= 11 is 0. The van der Waals surface area contributed by atoms with Gasteiger partial charge in [0.25, 0.3) is 0 Å². The summed E-state index contributed by atoms with van der Waals surface area (Å²) in [6, 6.07) is 1.06. The number of nitrogens with one attached hydrogen (secondary N) is 1. The van der Waals surface area contributed by atoms with Crippen LogP contribution < -0.4 is 5.32 Å². The van der Waals surface area contributed by atoms with E-state index in [0.717, 1.165) is 24.8 Å². The van der Waals surface area contributed by atoms with Gasteiger partial charge in [-0.15, -0.1) is 0 Å². The smallest absolute Gasteiger partial charge is 0.0695 e. The first-order chi connectivity index (χ1) is 10.2. The minimum absolute atomic E-state index is 0.105. The lowest BCUT2D eigenvalue weighted by molar-refractivity contribution is 0.0173. The molecule has 0 aromatic heterocycles. The van der Waals surface area contributed by atoms with Crippen LogP contribution in [0, 0.1) is 11.8 Å². The molecule has 0 aliphatic heterocycles. The summed E-state index contributed by atoms with van der Waals surface area (Å²) in [5, 5.41) is 13.8. The van der Waals surface area contributed by atoms with Gasteiger partial charge in [0, 0.05) is 18.6 Å². The van der Waals surface area contributed by atoms with Crippen molar-refractivity contribution in [3.05, 3.63) is 0 Å². The largest absolute Gasteiger partial charge is 0.391 e. The number of nitrogens with zero attached hydrogens (tertiary/aromatic N) is 1. The first-order valence-electron chi connectivity index (χ1n) is 9.21. The third-order valence-electron chi connectivity index (χ3n) is 5.94. The minimum Gasteiger partial charge on any atom is -0.391 e. The highest BCUT2D eigenvalue weighted by atomic mass is 16.3. The molecule has 5 unspecified atom stereocenters. The van der Waals surface area contributed by atoms with Crippen molar-refractivity contribution in [1.29, 1.82) is 0 Å². The number of hydrogen-bond acceptors (Lipinski definition) is 3. The van der Waals surface area contributed by atoms with E-state index in [2.05, 4.69) is 31.2 Å². The Kier molecular flexibility index (Phi) is 6.97. The molecule has 0 radical (unpaired) electrons. The van der Waals surface area contributed by atoms with Crippen LogP contribution in [0.25, 0.3) is 0 Å². The maximum atomic E-state index is 10.3. The van der Waals surface area contributed by atoms with Gasteiger partial charge in [-0.25, -0.2) is 0 Å². The van der Waals surface area contributed by atoms with Crippen LogP contribution in [0.1, 0.15) is 64.7 Å². The maximum Gasteiger partial charge on any atom is 0.0695 e. The van der Waals surface area contributed by atoms with Gasteiger partial charge in [0.1, 0.15) is 0 Å². The molecule has 0 aromatic carbocycles. The lowest BCUT2D eigenvalue weighted by atomic mass is 9.76. The Hall–Kier alpha value is -0.120. The second-order valence-electron chi connectivity index (χ2n) is 7.48. The lowest BCUT2D eigenvalue weighted by Gasteiger charge is -2.42. The molecule has 0 saturated heterocycles. The Morgan fingerprint density at radius 2 is 1.90 bits per heavy atom. The monoisotopic (exact) mass is 296 g/mol. The van der Waals surface area contributed by atoms with E-state index in [1.807, 2.05) is 0 Å². The second-order valence-corrected chi connectivity index (χ2v) is 7.48. The average molecular weight is 296 g/mol. The molecule has 2 saturated carbocycles. The van der Waals surface area contributed by atoms with Crippen molar-refractivity contribution in [3.8, 4) is 0 Å². The van der Waals surface area contributed by atoms with E-state index >= 15 is 0 Å². The summed E-state index contributed by atoms with van der Waals surface area (Å²) < 4.78 is 0. The van der Waals surface area contributed by atoms with Crippen molar-refractivity contribution >= 4 is 0 Å². The van der Waals surface area contributed by atoms with Crippen molar-refractivity contribution in [2.45, 2.75) is 82.9 Å². The summed E-state index contributed by atoms with van der Waals surface area (Å²) in [5.41, 5.74) is 0. The first kappa shape index (κ1) is 17.2. The van der Waals surface area contributed by atoms with Crippen LogP contribution in [0.15, 0.2) is 0 Å². The van der Waals surface area contributed by atoms with Gasteiger partial charge < -0.3 is 15.3 Å². The van der Waals surface area contributed by atoms with E-state index in [4.69, 9.17) is 0 Å². The van der Waals surface area contributed by atoms with Gasteiger partial charge >= 0.3 is 0 Å². The zero-order valence-electron chi connectivity index (χ0n) is 14.4. The normalized spacial score (nSPS) is 37.9. The van der Waals surface area contributed by atoms with Crippen LogP contribution in [-0.2, 0) is 0 Å². The predicted octanol–water partition coefficient (Wildman–Crippen LogP) is 3.03. The van der Waals surface area contributed by atoms with Crippen LogP contribution in [0.2, 0.25) is 0 Å². The molecule has 124 valence electrons. The molecular formula is C18H36N2O. The highest BCUT2D eigenvalue weighted by Gasteiger charge is 2.33. The molecule has 21 heavy (non-hydrogen) atoms. The molecule has 0 bridgehead atoms. The Morgan fingerprint density at radius 1 is 1.14 bits per heavy atom. The van der Waals surface area contributed by atoms with Crippen LogP contribution >= 0.6 is 0 Å². The van der Waals surface area contributed by atoms with Gasteiger partial charge in [-0.3, -0.25) is 0 Å². The highest BCUT2D eigenvalue weighted by Crippen LogP contribution is 2.33. The molecule has 2 aliphatic rings. The van der Waals surface area contributed by atoms with Gasteiger partial charge in [0.2, 0.25) is 0 Å². The Bertz CT molecular complexity index is 297. The van der Waals surface area contributed by atoms with Crippen LogP contribution in [0.3, 0.4) is 0 Å². The van der Waals surface area contributed by atoms with Gasteiger partial charge in [0.15, 0.2) is 0 Å². The van der Waals surface area contributed by atoms with E-state index < -0.39 is 0 Å². The zero-order valence-corrected chi connectivity index (χ0v) is 14.4. The molecule has 0 spiro atoms. The molecule has 5 atom stereocenters. The fourth-order valence-electron chi connectivity index (χ4n) is 4.72. The molecule has 2 fully saturated rings. The summed E-state index contributed by atoms with van der Waals surface area (Å²) in [7, 11) is 4.35. The summed E-state index contributed by atoms with van der Waals surface area (Å²) in [6.07, 6.45) is 11.3. The number of rotatable bonds is 6. The number of aliphatic hydroxyl groups excluding tert-OH is 1. The Balaban J connectivity index is 1.90. The van der Waals surface area contributed by atoms with Crippen molar-refractivity contribution in [3.63, 3.8) is 0 Å². The molecule has 3 heteroatoms. The van der Waals surface area contributed by atoms with Crippen LogP contribution in [0.4, 0.5) is 0 Å². The molecule has 0 heterocycles. The van der Waals surface area contributed by atoms with Crippen molar-refractivity contribution in [1.82, 2.24) is 10.2 Å². The maximum absolute atomic E-state index is 10.3. The van der Waals surface area contributed by atoms with E-state index in [1.165, 1.54) is 51.4 Å². The lowest BCUT2D eigenvalue weighted by Crippen LogP contribution is -2.49. The molecular weight excluding hydrogens is 260 g/mol. The predicted molar refractivity (Wildman–Crippen MR) is 89.5 cm³/mol. The quantitative estimate of drug-likeness (QED) is 0.791. The van der Waals surface area contributed by atoms with Crippen molar-refractivity contribution in [2.75, 3.05) is 20.6 Å². The Morgan fingerprint density at radius 3 is 2.57 bits per heavy atom. The van der Waals surface area contributed by atoms with E-state index in [-0.39, 0.29) is 6.10 Å². The summed E-state index contributed by atoms with van der Waals surface area (Å²) in [5.74, 6) is 1.67. The van der Waals surface area contributed by atoms with Crippen molar-refractivity contribution in [2.24, 2.45) is 11.8 Å². The molecule has 0 aromatic rings. The van der Waals surface area contributed by atoms with Gasteiger partial charge in [-0.05, 0) is 58.0 Å². The van der Waals surface area contributed by atoms with Crippen molar-refractivity contribution < 1.29 is 5.11 Å². The van der Waals surface area contributed by atoms with Gasteiger partial charge in [-0.1, -0.05) is 32.6 Å². The van der Waals surface area contributed by atoms with Gasteiger partial charge in [-0.2, -0.15) is 0 Å². The average Bonchev–Trinajstić information content (AvgIpc) is 2.48. The van der Waals surface area contributed by atoms with E-state index in [1.54, 1.807) is 0 Å². The number of aliphatic hydroxyl groups is 1. The SMILES string of the molecule is CCCC1CCC(NC)C(CN(C)C2CCCCC2O)C1. The minimum atomic E-state index is -0.105. The van der Waals surface area contributed by atoms with Crippen LogP contribution in [0.5, 0.6) is 0 Å².